The van der Waals surface area contributed by atoms with Gasteiger partial charge in [-0.05, 0) is 19.1 Å². The summed E-state index contributed by atoms with van der Waals surface area (Å²) in [6, 6.07) is 15.4. The molecule has 0 aliphatic rings. The summed E-state index contributed by atoms with van der Waals surface area (Å²) < 4.78 is 15.4. The molecule has 0 aliphatic carbocycles. The highest BCUT2D eigenvalue weighted by Gasteiger charge is 2.23. The molecule has 3 rings (SSSR count). The molecule has 3 aromatic rings. The highest BCUT2D eigenvalue weighted by atomic mass is 16.5. The number of hydrogen-bond acceptors (Lipinski definition) is 8. The van der Waals surface area contributed by atoms with Crippen LogP contribution in [0.5, 0.6) is 0 Å². The quantitative estimate of drug-likeness (QED) is 0.289. The molecule has 0 spiro atoms. The van der Waals surface area contributed by atoms with Gasteiger partial charge >= 0.3 is 11.9 Å². The lowest BCUT2D eigenvalue weighted by Crippen LogP contribution is -2.28. The minimum Gasteiger partial charge on any atom is -0.460 e. The first-order chi connectivity index (χ1) is 17.4. The molecule has 1 aromatic heterocycles. The van der Waals surface area contributed by atoms with Crippen molar-refractivity contribution >= 4 is 46.2 Å². The summed E-state index contributed by atoms with van der Waals surface area (Å²) in [5, 5.41) is 5.57. The maximum atomic E-state index is 12.4. The average Bonchev–Trinajstić information content (AvgIpc) is 3.25. The molecule has 0 saturated heterocycles. The van der Waals surface area contributed by atoms with Gasteiger partial charge in [-0.1, -0.05) is 42.5 Å². The molecule has 188 valence electrons. The number of esters is 2. The molecule has 0 bridgehead atoms. The van der Waals surface area contributed by atoms with Crippen LogP contribution in [0.1, 0.15) is 47.1 Å². The summed E-state index contributed by atoms with van der Waals surface area (Å²) in [5.74, 6) is -2.79. The molecular formula is C26H26N2O8. The van der Waals surface area contributed by atoms with Crippen molar-refractivity contribution in [3.05, 3.63) is 65.9 Å². The monoisotopic (exact) mass is 494 g/mol. The molecule has 36 heavy (non-hydrogen) atoms. The van der Waals surface area contributed by atoms with Gasteiger partial charge in [-0.3, -0.25) is 19.2 Å². The standard InChI is InChI=1S/C26H26N2O8/c1-2-34-26(33)25-24(18-10-6-7-11-20(18)36-25)28-22(31)16-35-23(32)14-15-27-21(30)13-12-19(29)17-8-4-3-5-9-17/h3-11H,2,12-16H2,1H3,(H,27,30)(H,28,31). The average molecular weight is 495 g/mol. The van der Waals surface area contributed by atoms with E-state index in [0.717, 1.165) is 0 Å². The van der Waals surface area contributed by atoms with Crippen molar-refractivity contribution in [2.45, 2.75) is 26.2 Å². The van der Waals surface area contributed by atoms with Crippen LogP contribution < -0.4 is 10.6 Å². The van der Waals surface area contributed by atoms with Crippen LogP contribution in [0.25, 0.3) is 11.0 Å². The van der Waals surface area contributed by atoms with E-state index in [4.69, 9.17) is 13.9 Å². The van der Waals surface area contributed by atoms with E-state index in [9.17, 15) is 24.0 Å². The Hall–Kier alpha value is -4.47. The predicted octanol–water partition coefficient (Wildman–Crippen LogP) is 3.26. The molecule has 0 saturated carbocycles. The van der Waals surface area contributed by atoms with Gasteiger partial charge in [-0.15, -0.1) is 0 Å². The van der Waals surface area contributed by atoms with Crippen molar-refractivity contribution in [1.29, 1.82) is 0 Å². The summed E-state index contributed by atoms with van der Waals surface area (Å²) in [6.45, 7) is 1.17. The predicted molar refractivity (Wildman–Crippen MR) is 129 cm³/mol. The molecule has 2 aromatic carbocycles. The molecule has 10 heteroatoms. The number of carbonyl (C=O) groups is 5. The third-order valence-corrected chi connectivity index (χ3v) is 5.01. The lowest BCUT2D eigenvalue weighted by Gasteiger charge is -2.08. The molecule has 0 fully saturated rings. The number of furan rings is 1. The number of Topliss-reactive ketones (excluding diaryl/α,β-unsaturated/α-hetero) is 1. The van der Waals surface area contributed by atoms with E-state index in [1.54, 1.807) is 61.5 Å². The van der Waals surface area contributed by atoms with Gasteiger partial charge in [0.25, 0.3) is 5.91 Å². The number of carbonyl (C=O) groups excluding carboxylic acids is 5. The third-order valence-electron chi connectivity index (χ3n) is 5.01. The molecule has 0 atom stereocenters. The zero-order valence-corrected chi connectivity index (χ0v) is 19.7. The van der Waals surface area contributed by atoms with Crippen LogP contribution in [0.3, 0.4) is 0 Å². The van der Waals surface area contributed by atoms with Crippen molar-refractivity contribution in [2.75, 3.05) is 25.1 Å². The van der Waals surface area contributed by atoms with Gasteiger partial charge in [-0.2, -0.15) is 0 Å². The van der Waals surface area contributed by atoms with Gasteiger partial charge in [0.2, 0.25) is 11.7 Å². The molecule has 0 radical (unpaired) electrons. The van der Waals surface area contributed by atoms with E-state index < -0.39 is 24.5 Å². The number of benzene rings is 2. The highest BCUT2D eigenvalue weighted by Crippen LogP contribution is 2.31. The first-order valence-corrected chi connectivity index (χ1v) is 11.4. The molecule has 2 amide bonds. The minimum absolute atomic E-state index is 0.00180. The van der Waals surface area contributed by atoms with E-state index >= 15 is 0 Å². The zero-order chi connectivity index (χ0) is 25.9. The number of fused-ring (bicyclic) bond motifs is 1. The number of anilines is 1. The summed E-state index contributed by atoms with van der Waals surface area (Å²) in [7, 11) is 0. The van der Waals surface area contributed by atoms with Gasteiger partial charge < -0.3 is 24.5 Å². The largest absolute Gasteiger partial charge is 0.460 e. The SMILES string of the molecule is CCOC(=O)c1oc2ccccc2c1NC(=O)COC(=O)CCNC(=O)CCC(=O)c1ccccc1. The molecule has 1 heterocycles. The van der Waals surface area contributed by atoms with Crippen molar-refractivity contribution in [3.8, 4) is 0 Å². The number of hydrogen-bond donors (Lipinski definition) is 2. The maximum absolute atomic E-state index is 12.4. The van der Waals surface area contributed by atoms with E-state index in [-0.39, 0.29) is 55.6 Å². The first kappa shape index (κ1) is 26.1. The van der Waals surface area contributed by atoms with Crippen LogP contribution in [0.2, 0.25) is 0 Å². The summed E-state index contributed by atoms with van der Waals surface area (Å²) in [4.78, 5) is 60.5. The Morgan fingerprint density at radius 2 is 1.56 bits per heavy atom. The Morgan fingerprint density at radius 1 is 0.833 bits per heavy atom. The zero-order valence-electron chi connectivity index (χ0n) is 19.7. The van der Waals surface area contributed by atoms with Crippen molar-refractivity contribution < 1.29 is 37.9 Å². The van der Waals surface area contributed by atoms with Crippen LogP contribution in [-0.4, -0.2) is 49.3 Å². The van der Waals surface area contributed by atoms with Gasteiger partial charge in [0.05, 0.1) is 13.0 Å². The second-order valence-electron chi connectivity index (χ2n) is 7.62. The number of rotatable bonds is 12. The molecule has 2 N–H and O–H groups in total. The Bertz CT molecular complexity index is 1250. The summed E-state index contributed by atoms with van der Waals surface area (Å²) in [6.07, 6.45) is -0.113. The first-order valence-electron chi connectivity index (χ1n) is 11.4. The lowest BCUT2D eigenvalue weighted by atomic mass is 10.1. The molecule has 10 nitrogen and oxygen atoms in total. The van der Waals surface area contributed by atoms with E-state index in [1.807, 2.05) is 0 Å². The second kappa shape index (κ2) is 12.8. The Balaban J connectivity index is 1.41. The number of para-hydroxylation sites is 1. The number of ether oxygens (including phenoxy) is 2. The fourth-order valence-corrected chi connectivity index (χ4v) is 3.29. The van der Waals surface area contributed by atoms with Gasteiger partial charge in [0.15, 0.2) is 12.4 Å². The van der Waals surface area contributed by atoms with Crippen LogP contribution in [-0.2, 0) is 23.9 Å². The maximum Gasteiger partial charge on any atom is 0.376 e. The van der Waals surface area contributed by atoms with Crippen LogP contribution >= 0.6 is 0 Å². The van der Waals surface area contributed by atoms with Crippen LogP contribution in [0.4, 0.5) is 5.69 Å². The normalized spacial score (nSPS) is 10.5. The molecular weight excluding hydrogens is 468 g/mol. The summed E-state index contributed by atoms with van der Waals surface area (Å²) >= 11 is 0. The van der Waals surface area contributed by atoms with Crippen LogP contribution in [0.15, 0.2) is 59.0 Å². The highest BCUT2D eigenvalue weighted by molar-refractivity contribution is 6.09. The number of amides is 2. The number of ketones is 1. The molecule has 0 unspecified atom stereocenters. The van der Waals surface area contributed by atoms with Crippen molar-refractivity contribution in [2.24, 2.45) is 0 Å². The van der Waals surface area contributed by atoms with Gasteiger partial charge in [0, 0.05) is 30.3 Å². The van der Waals surface area contributed by atoms with E-state index in [0.29, 0.717) is 16.5 Å². The van der Waals surface area contributed by atoms with E-state index in [2.05, 4.69) is 10.6 Å². The summed E-state index contributed by atoms with van der Waals surface area (Å²) in [5.41, 5.74) is 1.04. The van der Waals surface area contributed by atoms with Crippen molar-refractivity contribution in [3.63, 3.8) is 0 Å². The second-order valence-corrected chi connectivity index (χ2v) is 7.62. The Morgan fingerprint density at radius 3 is 2.31 bits per heavy atom. The topological polar surface area (TPSA) is 141 Å². The van der Waals surface area contributed by atoms with Gasteiger partial charge in [-0.25, -0.2) is 4.79 Å². The molecule has 0 aliphatic heterocycles. The number of nitrogens with one attached hydrogen (secondary N) is 2. The fourth-order valence-electron chi connectivity index (χ4n) is 3.29. The Labute approximate surface area is 206 Å². The van der Waals surface area contributed by atoms with Crippen molar-refractivity contribution in [1.82, 2.24) is 5.32 Å². The van der Waals surface area contributed by atoms with E-state index in [1.165, 1.54) is 0 Å². The smallest absolute Gasteiger partial charge is 0.376 e. The third kappa shape index (κ3) is 7.26. The fraction of sp³-hybridized carbons (Fsp3) is 0.269. The lowest BCUT2D eigenvalue weighted by molar-refractivity contribution is -0.147. The minimum atomic E-state index is -0.734. The van der Waals surface area contributed by atoms with Gasteiger partial charge in [0.1, 0.15) is 11.3 Å². The Kier molecular flexibility index (Phi) is 9.33. The van der Waals surface area contributed by atoms with Crippen LogP contribution in [0, 0.1) is 0 Å².